The first kappa shape index (κ1) is 12.3. The molecule has 3 aromatic rings. The van der Waals surface area contributed by atoms with Crippen LogP contribution in [0.15, 0.2) is 30.6 Å². The van der Waals surface area contributed by atoms with E-state index in [9.17, 15) is 13.9 Å². The Labute approximate surface area is 118 Å². The Balaban J connectivity index is 2.05. The standard InChI is InChI=1S/C15H11F2N3O/c16-11-3-4-12-14(13(11)17)20(9-1-2-9)15(19-12)8-5-10(21)7-18-6-8/h3-7,9,21H,1-2H2. The van der Waals surface area contributed by atoms with Gasteiger partial charge in [-0.1, -0.05) is 0 Å². The highest BCUT2D eigenvalue weighted by Crippen LogP contribution is 2.42. The lowest BCUT2D eigenvalue weighted by Crippen LogP contribution is -2.00. The van der Waals surface area contributed by atoms with Gasteiger partial charge >= 0.3 is 0 Å². The number of aromatic hydroxyl groups is 1. The van der Waals surface area contributed by atoms with Crippen LogP contribution < -0.4 is 0 Å². The molecule has 1 aliphatic carbocycles. The van der Waals surface area contributed by atoms with Crippen molar-refractivity contribution < 1.29 is 13.9 Å². The molecule has 21 heavy (non-hydrogen) atoms. The zero-order valence-corrected chi connectivity index (χ0v) is 10.9. The van der Waals surface area contributed by atoms with Crippen LogP contribution in [0.5, 0.6) is 5.75 Å². The van der Waals surface area contributed by atoms with E-state index in [1.54, 1.807) is 10.8 Å². The first-order chi connectivity index (χ1) is 10.1. The van der Waals surface area contributed by atoms with Crippen molar-refractivity contribution in [2.75, 3.05) is 0 Å². The quantitative estimate of drug-likeness (QED) is 0.785. The van der Waals surface area contributed by atoms with Crippen molar-refractivity contribution in [3.63, 3.8) is 0 Å². The number of fused-ring (bicyclic) bond motifs is 1. The second kappa shape index (κ2) is 4.25. The highest BCUT2D eigenvalue weighted by Gasteiger charge is 2.30. The van der Waals surface area contributed by atoms with E-state index in [1.807, 2.05) is 0 Å². The van der Waals surface area contributed by atoms with E-state index in [2.05, 4.69) is 9.97 Å². The molecule has 1 aromatic carbocycles. The molecule has 1 saturated carbocycles. The van der Waals surface area contributed by atoms with E-state index in [4.69, 9.17) is 0 Å². The molecule has 1 fully saturated rings. The van der Waals surface area contributed by atoms with Crippen LogP contribution in [0.25, 0.3) is 22.4 Å². The Morgan fingerprint density at radius 3 is 2.71 bits per heavy atom. The lowest BCUT2D eigenvalue weighted by molar-refractivity contribution is 0.473. The minimum Gasteiger partial charge on any atom is -0.506 e. The number of nitrogens with zero attached hydrogens (tertiary/aromatic N) is 3. The number of rotatable bonds is 2. The second-order valence-electron chi connectivity index (χ2n) is 5.20. The second-order valence-corrected chi connectivity index (χ2v) is 5.20. The minimum atomic E-state index is -0.884. The number of hydrogen-bond acceptors (Lipinski definition) is 3. The van der Waals surface area contributed by atoms with Crippen molar-refractivity contribution in [1.82, 2.24) is 14.5 Å². The monoisotopic (exact) mass is 287 g/mol. The van der Waals surface area contributed by atoms with Crippen LogP contribution in [0.2, 0.25) is 0 Å². The molecule has 0 unspecified atom stereocenters. The van der Waals surface area contributed by atoms with Crippen molar-refractivity contribution in [3.05, 3.63) is 42.2 Å². The Bertz CT molecular complexity index is 855. The molecule has 0 spiro atoms. The minimum absolute atomic E-state index is 0.00792. The average molecular weight is 287 g/mol. The molecule has 4 rings (SSSR count). The van der Waals surface area contributed by atoms with Crippen molar-refractivity contribution in [2.45, 2.75) is 18.9 Å². The summed E-state index contributed by atoms with van der Waals surface area (Å²) in [6.07, 6.45) is 4.67. The zero-order chi connectivity index (χ0) is 14.6. The first-order valence-corrected chi connectivity index (χ1v) is 6.65. The molecule has 0 aliphatic heterocycles. The molecule has 0 bridgehead atoms. The van der Waals surface area contributed by atoms with Gasteiger partial charge in [-0.2, -0.15) is 0 Å². The van der Waals surface area contributed by atoms with Crippen LogP contribution in [0.3, 0.4) is 0 Å². The van der Waals surface area contributed by atoms with Crippen molar-refractivity contribution in [3.8, 4) is 17.1 Å². The number of benzene rings is 1. The number of pyridine rings is 1. The summed E-state index contributed by atoms with van der Waals surface area (Å²) in [5.41, 5.74) is 1.16. The maximum absolute atomic E-state index is 14.2. The third-order valence-corrected chi connectivity index (χ3v) is 3.64. The fourth-order valence-corrected chi connectivity index (χ4v) is 2.56. The Morgan fingerprint density at radius 1 is 1.19 bits per heavy atom. The molecule has 0 atom stereocenters. The van der Waals surface area contributed by atoms with Gasteiger partial charge in [-0.25, -0.2) is 13.8 Å². The van der Waals surface area contributed by atoms with E-state index in [0.717, 1.165) is 18.9 Å². The SMILES string of the molecule is Oc1cncc(-c2nc3ccc(F)c(F)c3n2C2CC2)c1. The van der Waals surface area contributed by atoms with E-state index in [-0.39, 0.29) is 17.3 Å². The molecule has 1 N–H and O–H groups in total. The molecule has 6 heteroatoms. The van der Waals surface area contributed by atoms with Crippen molar-refractivity contribution in [2.24, 2.45) is 0 Å². The van der Waals surface area contributed by atoms with Gasteiger partial charge in [0.1, 0.15) is 17.1 Å². The lowest BCUT2D eigenvalue weighted by Gasteiger charge is -2.08. The van der Waals surface area contributed by atoms with Gasteiger partial charge in [0.2, 0.25) is 0 Å². The van der Waals surface area contributed by atoms with Gasteiger partial charge in [-0.15, -0.1) is 0 Å². The van der Waals surface area contributed by atoms with Crippen LogP contribution in [0, 0.1) is 11.6 Å². The Hall–Kier alpha value is -2.50. The molecular weight excluding hydrogens is 276 g/mol. The largest absolute Gasteiger partial charge is 0.506 e. The van der Waals surface area contributed by atoms with E-state index in [1.165, 1.54) is 18.3 Å². The number of hydrogen-bond donors (Lipinski definition) is 1. The number of aromatic nitrogens is 3. The smallest absolute Gasteiger partial charge is 0.184 e. The summed E-state index contributed by atoms with van der Waals surface area (Å²) in [6, 6.07) is 4.17. The fourth-order valence-electron chi connectivity index (χ4n) is 2.56. The van der Waals surface area contributed by atoms with Crippen LogP contribution >= 0.6 is 0 Å². The summed E-state index contributed by atoms with van der Waals surface area (Å²) in [7, 11) is 0. The summed E-state index contributed by atoms with van der Waals surface area (Å²) in [4.78, 5) is 8.31. The molecule has 0 radical (unpaired) electrons. The van der Waals surface area contributed by atoms with Gasteiger partial charge in [-0.3, -0.25) is 4.98 Å². The maximum Gasteiger partial charge on any atom is 0.184 e. The van der Waals surface area contributed by atoms with Gasteiger partial charge in [0.15, 0.2) is 11.6 Å². The van der Waals surface area contributed by atoms with E-state index in [0.29, 0.717) is 16.9 Å². The third kappa shape index (κ3) is 1.86. The third-order valence-electron chi connectivity index (χ3n) is 3.64. The van der Waals surface area contributed by atoms with Gasteiger partial charge in [0.25, 0.3) is 0 Å². The van der Waals surface area contributed by atoms with Crippen LogP contribution in [0.1, 0.15) is 18.9 Å². The van der Waals surface area contributed by atoms with Crippen molar-refractivity contribution >= 4 is 11.0 Å². The topological polar surface area (TPSA) is 50.9 Å². The van der Waals surface area contributed by atoms with Gasteiger partial charge in [0, 0.05) is 17.8 Å². The predicted octanol–water partition coefficient (Wildman–Crippen LogP) is 3.42. The van der Waals surface area contributed by atoms with E-state index >= 15 is 0 Å². The normalized spacial score (nSPS) is 14.8. The summed E-state index contributed by atoms with van der Waals surface area (Å²) in [6.45, 7) is 0. The molecule has 0 amide bonds. The molecule has 106 valence electrons. The molecule has 2 heterocycles. The molecule has 4 nitrogen and oxygen atoms in total. The molecular formula is C15H11F2N3O. The number of halogens is 2. The predicted molar refractivity (Wildman–Crippen MR) is 72.8 cm³/mol. The number of imidazole rings is 1. The fraction of sp³-hybridized carbons (Fsp3) is 0.200. The van der Waals surface area contributed by atoms with Gasteiger partial charge < -0.3 is 9.67 Å². The van der Waals surface area contributed by atoms with E-state index < -0.39 is 11.6 Å². The van der Waals surface area contributed by atoms with Crippen LogP contribution in [0.4, 0.5) is 8.78 Å². The highest BCUT2D eigenvalue weighted by atomic mass is 19.2. The van der Waals surface area contributed by atoms with Gasteiger partial charge in [-0.05, 0) is 31.0 Å². The molecule has 2 aromatic heterocycles. The summed E-state index contributed by atoms with van der Waals surface area (Å²) < 4.78 is 29.4. The summed E-state index contributed by atoms with van der Waals surface area (Å²) >= 11 is 0. The molecule has 0 saturated heterocycles. The average Bonchev–Trinajstić information content (AvgIpc) is 3.23. The lowest BCUT2D eigenvalue weighted by atomic mass is 10.2. The summed E-state index contributed by atoms with van der Waals surface area (Å²) in [5, 5.41) is 9.56. The maximum atomic E-state index is 14.2. The highest BCUT2D eigenvalue weighted by molar-refractivity contribution is 5.81. The Morgan fingerprint density at radius 2 is 2.00 bits per heavy atom. The Kier molecular flexibility index (Phi) is 2.48. The first-order valence-electron chi connectivity index (χ1n) is 6.65. The van der Waals surface area contributed by atoms with Crippen LogP contribution in [-0.2, 0) is 0 Å². The zero-order valence-electron chi connectivity index (χ0n) is 10.9. The molecule has 1 aliphatic rings. The summed E-state index contributed by atoms with van der Waals surface area (Å²) in [5.74, 6) is -1.26. The van der Waals surface area contributed by atoms with Crippen molar-refractivity contribution in [1.29, 1.82) is 0 Å². The van der Waals surface area contributed by atoms with Crippen LogP contribution in [-0.4, -0.2) is 19.6 Å². The van der Waals surface area contributed by atoms with Gasteiger partial charge in [0.05, 0.1) is 11.7 Å².